The van der Waals surface area contributed by atoms with Crippen LogP contribution in [0, 0.1) is 5.92 Å². The summed E-state index contributed by atoms with van der Waals surface area (Å²) in [5.41, 5.74) is 0. The van der Waals surface area contributed by atoms with Gasteiger partial charge in [0, 0.05) is 18.1 Å². The summed E-state index contributed by atoms with van der Waals surface area (Å²) < 4.78 is 9.71. The maximum Gasteiger partial charge on any atom is 0.331 e. The monoisotopic (exact) mass is 285 g/mol. The fraction of sp³-hybridized carbons (Fsp3) is 0.643. The zero-order valence-corrected chi connectivity index (χ0v) is 12.6. The molecule has 114 valence electrons. The molecule has 0 aromatic rings. The molecule has 0 aromatic heterocycles. The molecule has 0 aliphatic rings. The van der Waals surface area contributed by atoms with Crippen LogP contribution < -0.4 is 5.32 Å². The lowest BCUT2D eigenvalue weighted by Crippen LogP contribution is -2.38. The van der Waals surface area contributed by atoms with Crippen LogP contribution in [0.15, 0.2) is 12.2 Å². The van der Waals surface area contributed by atoms with E-state index in [1.165, 1.54) is 0 Å². The van der Waals surface area contributed by atoms with Gasteiger partial charge in [0.1, 0.15) is 6.61 Å². The first-order valence-electron chi connectivity index (χ1n) is 6.58. The van der Waals surface area contributed by atoms with Gasteiger partial charge in [-0.1, -0.05) is 13.8 Å². The molecule has 0 rings (SSSR count). The minimum absolute atomic E-state index is 0.0425. The zero-order chi connectivity index (χ0) is 15.7. The maximum atomic E-state index is 11.4. The Bertz CT molecular complexity index is 374. The summed E-state index contributed by atoms with van der Waals surface area (Å²) in [5.74, 6) is -1.49. The van der Waals surface area contributed by atoms with Crippen molar-refractivity contribution in [1.29, 1.82) is 0 Å². The van der Waals surface area contributed by atoms with Crippen LogP contribution in [-0.2, 0) is 23.9 Å². The van der Waals surface area contributed by atoms with Gasteiger partial charge in [-0.2, -0.15) is 0 Å². The first-order chi connectivity index (χ1) is 9.22. The van der Waals surface area contributed by atoms with Crippen LogP contribution in [-0.4, -0.2) is 36.6 Å². The molecule has 1 N–H and O–H groups in total. The molecule has 0 aliphatic heterocycles. The number of amides is 1. The Kier molecular flexibility index (Phi) is 8.27. The van der Waals surface area contributed by atoms with Gasteiger partial charge in [-0.05, 0) is 20.8 Å². The molecule has 20 heavy (non-hydrogen) atoms. The Labute approximate surface area is 119 Å². The molecule has 0 aromatic carbocycles. The van der Waals surface area contributed by atoms with Crippen LogP contribution in [0.1, 0.15) is 34.6 Å². The summed E-state index contributed by atoms with van der Waals surface area (Å²) in [7, 11) is 0. The maximum absolute atomic E-state index is 11.4. The van der Waals surface area contributed by atoms with E-state index >= 15 is 0 Å². The number of nitrogens with one attached hydrogen (secondary N) is 1. The lowest BCUT2D eigenvalue weighted by atomic mass is 10.2. The van der Waals surface area contributed by atoms with Crippen molar-refractivity contribution in [2.75, 3.05) is 6.61 Å². The highest BCUT2D eigenvalue weighted by atomic mass is 16.5. The van der Waals surface area contributed by atoms with Gasteiger partial charge in [0.05, 0.1) is 12.1 Å². The van der Waals surface area contributed by atoms with E-state index in [2.05, 4.69) is 5.32 Å². The highest BCUT2D eigenvalue weighted by Crippen LogP contribution is 1.95. The van der Waals surface area contributed by atoms with Crippen molar-refractivity contribution >= 4 is 17.8 Å². The average molecular weight is 285 g/mol. The first-order valence-corrected chi connectivity index (χ1v) is 6.58. The van der Waals surface area contributed by atoms with E-state index < -0.39 is 11.9 Å². The van der Waals surface area contributed by atoms with Gasteiger partial charge < -0.3 is 14.8 Å². The molecule has 0 unspecified atom stereocenters. The van der Waals surface area contributed by atoms with Gasteiger partial charge in [-0.3, -0.25) is 4.79 Å². The van der Waals surface area contributed by atoms with E-state index in [4.69, 9.17) is 9.47 Å². The second kappa shape index (κ2) is 9.12. The molecule has 0 aliphatic carbocycles. The van der Waals surface area contributed by atoms with Crippen molar-refractivity contribution in [2.24, 2.45) is 5.92 Å². The molecule has 0 radical (unpaired) electrons. The van der Waals surface area contributed by atoms with Crippen LogP contribution >= 0.6 is 0 Å². The van der Waals surface area contributed by atoms with Crippen molar-refractivity contribution < 1.29 is 23.9 Å². The van der Waals surface area contributed by atoms with Crippen LogP contribution in [0.3, 0.4) is 0 Å². The Morgan fingerprint density at radius 2 is 1.55 bits per heavy atom. The highest BCUT2D eigenvalue weighted by Gasteiger charge is 2.12. The predicted octanol–water partition coefficient (Wildman–Crippen LogP) is 1.20. The predicted molar refractivity (Wildman–Crippen MR) is 73.8 cm³/mol. The number of esters is 2. The third kappa shape index (κ3) is 9.13. The van der Waals surface area contributed by atoms with Gasteiger partial charge >= 0.3 is 11.9 Å². The van der Waals surface area contributed by atoms with Crippen molar-refractivity contribution in [3.05, 3.63) is 12.2 Å². The molecule has 6 nitrogen and oxygen atoms in total. The van der Waals surface area contributed by atoms with E-state index in [0.717, 1.165) is 12.2 Å². The molecule has 1 amide bonds. The second-order valence-corrected chi connectivity index (χ2v) is 5.01. The minimum atomic E-state index is -0.656. The Hall–Kier alpha value is -1.85. The van der Waals surface area contributed by atoms with Crippen molar-refractivity contribution in [2.45, 2.75) is 46.8 Å². The summed E-state index contributed by atoms with van der Waals surface area (Å²) >= 11 is 0. The van der Waals surface area contributed by atoms with Crippen LogP contribution in [0.2, 0.25) is 0 Å². The molecule has 6 heteroatoms. The van der Waals surface area contributed by atoms with E-state index in [0.29, 0.717) is 0 Å². The Balaban J connectivity index is 4.01. The SMILES string of the molecule is CC(C)OC(=O)/C=C/C(=O)OC[C@@H](C)NC(=O)C(C)C. The summed E-state index contributed by atoms with van der Waals surface area (Å²) in [6.07, 6.45) is 1.77. The van der Waals surface area contributed by atoms with Gasteiger partial charge in [0.25, 0.3) is 0 Å². The average Bonchev–Trinajstić information content (AvgIpc) is 2.32. The molecule has 0 bridgehead atoms. The lowest BCUT2D eigenvalue weighted by Gasteiger charge is -2.15. The van der Waals surface area contributed by atoms with Crippen molar-refractivity contribution in [1.82, 2.24) is 5.32 Å². The molecule has 0 saturated heterocycles. The second-order valence-electron chi connectivity index (χ2n) is 5.01. The summed E-state index contributed by atoms with van der Waals surface area (Å²) in [6, 6.07) is -0.287. The van der Waals surface area contributed by atoms with Crippen LogP contribution in [0.25, 0.3) is 0 Å². The van der Waals surface area contributed by atoms with Crippen LogP contribution in [0.4, 0.5) is 0 Å². The zero-order valence-electron chi connectivity index (χ0n) is 12.6. The number of rotatable bonds is 7. The number of carbonyl (C=O) groups excluding carboxylic acids is 3. The number of carbonyl (C=O) groups is 3. The van der Waals surface area contributed by atoms with E-state index in [-0.39, 0.29) is 30.6 Å². The molecular weight excluding hydrogens is 262 g/mol. The van der Waals surface area contributed by atoms with E-state index in [1.807, 2.05) is 0 Å². The molecule has 0 saturated carbocycles. The smallest absolute Gasteiger partial charge is 0.331 e. The topological polar surface area (TPSA) is 81.7 Å². The van der Waals surface area contributed by atoms with Crippen molar-refractivity contribution in [3.63, 3.8) is 0 Å². The molecule has 0 heterocycles. The van der Waals surface area contributed by atoms with Gasteiger partial charge in [0.2, 0.25) is 5.91 Å². The molecule has 0 spiro atoms. The van der Waals surface area contributed by atoms with Crippen LogP contribution in [0.5, 0.6) is 0 Å². The third-order valence-electron chi connectivity index (χ3n) is 2.10. The third-order valence-corrected chi connectivity index (χ3v) is 2.10. The molecular formula is C14H23NO5. The molecule has 1 atom stereocenters. The van der Waals surface area contributed by atoms with Gasteiger partial charge in [0.15, 0.2) is 0 Å². The number of hydrogen-bond acceptors (Lipinski definition) is 5. The lowest BCUT2D eigenvalue weighted by molar-refractivity contribution is -0.143. The van der Waals surface area contributed by atoms with Crippen molar-refractivity contribution in [3.8, 4) is 0 Å². The summed E-state index contributed by atoms with van der Waals surface area (Å²) in [4.78, 5) is 33.9. The van der Waals surface area contributed by atoms with Gasteiger partial charge in [-0.15, -0.1) is 0 Å². The quantitative estimate of drug-likeness (QED) is 0.561. The van der Waals surface area contributed by atoms with E-state index in [9.17, 15) is 14.4 Å². The largest absolute Gasteiger partial charge is 0.460 e. The normalized spacial score (nSPS) is 12.6. The van der Waals surface area contributed by atoms with E-state index in [1.54, 1.807) is 34.6 Å². The number of hydrogen-bond donors (Lipinski definition) is 1. The standard InChI is InChI=1S/C14H23NO5/c1-9(2)14(18)15-11(5)8-19-12(16)6-7-13(17)20-10(3)4/h6-7,9-11H,8H2,1-5H3,(H,15,18)/b7-6+/t11-/m1/s1. The first kappa shape index (κ1) is 18.1. The minimum Gasteiger partial charge on any atom is -0.460 e. The van der Waals surface area contributed by atoms with Gasteiger partial charge in [-0.25, -0.2) is 9.59 Å². The molecule has 0 fully saturated rings. The number of ether oxygens (including phenoxy) is 2. The fourth-order valence-corrected chi connectivity index (χ4v) is 1.11. The Morgan fingerprint density at radius 1 is 1.00 bits per heavy atom. The fourth-order valence-electron chi connectivity index (χ4n) is 1.11. The summed E-state index contributed by atoms with van der Waals surface area (Å²) in [6.45, 7) is 8.74. The highest BCUT2D eigenvalue weighted by molar-refractivity contribution is 5.91. The Morgan fingerprint density at radius 3 is 2.05 bits per heavy atom. The summed E-state index contributed by atoms with van der Waals surface area (Å²) in [5, 5.41) is 2.69.